The van der Waals surface area contributed by atoms with Gasteiger partial charge in [0, 0.05) is 0 Å². The number of hydrogen-bond donors (Lipinski definition) is 3. The molecule has 0 saturated heterocycles. The molecule has 0 bridgehead atoms. The molecule has 0 aliphatic rings. The van der Waals surface area contributed by atoms with E-state index in [1.165, 1.54) is 19.1 Å². The van der Waals surface area contributed by atoms with E-state index in [1.54, 1.807) is 12.1 Å². The fourth-order valence-corrected chi connectivity index (χ4v) is 4.66. The van der Waals surface area contributed by atoms with Gasteiger partial charge in [-0.3, -0.25) is 0 Å². The molecule has 0 atom stereocenters. The van der Waals surface area contributed by atoms with Crippen molar-refractivity contribution in [3.05, 3.63) is 82.9 Å². The molecule has 4 rings (SSSR count). The van der Waals surface area contributed by atoms with E-state index >= 15 is 0 Å². The van der Waals surface area contributed by atoms with Crippen LogP contribution in [0.25, 0.3) is 11.1 Å². The third kappa shape index (κ3) is 8.28. The average Bonchev–Trinajstić information content (AvgIpc) is 2.90. The third-order valence-corrected chi connectivity index (χ3v) is 7.15. The minimum Gasteiger partial charge on any atom is -0.872 e. The van der Waals surface area contributed by atoms with Gasteiger partial charge in [0.1, 0.15) is 15.8 Å². The summed E-state index contributed by atoms with van der Waals surface area (Å²) in [5.74, 6) is -1.94. The van der Waals surface area contributed by atoms with Crippen molar-refractivity contribution >= 4 is 50.2 Å². The van der Waals surface area contributed by atoms with Crippen LogP contribution in [0.15, 0.2) is 86.0 Å². The first kappa shape index (κ1) is 36.1. The van der Waals surface area contributed by atoms with Gasteiger partial charge in [-0.25, -0.2) is 13.2 Å². The van der Waals surface area contributed by atoms with E-state index in [9.17, 15) is 22.9 Å². The fourth-order valence-electron chi connectivity index (χ4n) is 3.97. The number of carboxylic acids is 1. The Hall–Kier alpha value is -3.14. The molecule has 0 heterocycles. The van der Waals surface area contributed by atoms with Gasteiger partial charge < -0.3 is 26.2 Å². The second-order valence-electron chi connectivity index (χ2n) is 9.21. The minimum absolute atomic E-state index is 0. The van der Waals surface area contributed by atoms with Crippen molar-refractivity contribution in [1.29, 1.82) is 0 Å². The molecule has 0 aliphatic heterocycles. The van der Waals surface area contributed by atoms with Crippen molar-refractivity contribution in [3.8, 4) is 16.9 Å². The van der Waals surface area contributed by atoms with Crippen molar-refractivity contribution in [2.24, 2.45) is 20.5 Å². The summed E-state index contributed by atoms with van der Waals surface area (Å²) in [5, 5.41) is 37.3. The summed E-state index contributed by atoms with van der Waals surface area (Å²) >= 11 is 0. The van der Waals surface area contributed by atoms with E-state index in [0.29, 0.717) is 16.9 Å². The summed E-state index contributed by atoms with van der Waals surface area (Å²) in [5.41, 5.74) is 16.1. The minimum atomic E-state index is -4.83. The molecule has 12 nitrogen and oxygen atoms in total. The molecule has 43 heavy (non-hydrogen) atoms. The van der Waals surface area contributed by atoms with Crippen LogP contribution in [0.4, 0.5) is 34.1 Å². The molecule has 0 aliphatic carbocycles. The second-order valence-corrected chi connectivity index (χ2v) is 10.6. The summed E-state index contributed by atoms with van der Waals surface area (Å²) in [7, 11) is -4.83. The molecule has 0 saturated carbocycles. The normalized spacial score (nSPS) is 11.3. The summed E-state index contributed by atoms with van der Waals surface area (Å²) in [4.78, 5) is 10.6. The van der Waals surface area contributed by atoms with Crippen LogP contribution in [-0.2, 0) is 10.1 Å². The van der Waals surface area contributed by atoms with Crippen LogP contribution < -0.4 is 75.7 Å². The number of nitrogens with two attached hydrogens (primary N) is 2. The van der Waals surface area contributed by atoms with E-state index in [0.717, 1.165) is 34.4 Å². The molecule has 0 fully saturated rings. The Balaban J connectivity index is 0.00000323. The Kier molecular flexibility index (Phi) is 12.2. The number of azo groups is 2. The van der Waals surface area contributed by atoms with Gasteiger partial charge >= 0.3 is 65.1 Å². The molecule has 4 aromatic rings. The maximum absolute atomic E-state index is 11.6. The van der Waals surface area contributed by atoms with Gasteiger partial charge in [-0.2, -0.15) is 15.3 Å². The van der Waals surface area contributed by atoms with Gasteiger partial charge in [0.05, 0.1) is 38.9 Å². The number of hydrogen-bond acceptors (Lipinski definition) is 11. The van der Waals surface area contributed by atoms with Crippen LogP contribution in [0.2, 0.25) is 0 Å². The quantitative estimate of drug-likeness (QED) is 0.110. The van der Waals surface area contributed by atoms with Gasteiger partial charge in [0.15, 0.2) is 0 Å². The standard InChI is InChI=1S/C28H26N6O6S.2Na/c1-14-10-17(4-7-21(14)32-31-19-6-9-23(35)20(13-19)28(36)37)18-5-8-22(15(2)11-18)33-34-27-25(29)16(3)12-24(26(27)30)41(38,39)40;;/h4-13,35H,29-30H2,1-3H3,(H,36,37)(H,38,39,40);;/q;2*+1/p-2. The smallest absolute Gasteiger partial charge is 0.872 e. The summed E-state index contributed by atoms with van der Waals surface area (Å²) in [6, 6.07) is 15.8. The largest absolute Gasteiger partial charge is 1.00 e. The predicted octanol–water partition coefficient (Wildman–Crippen LogP) is -0.0420. The van der Waals surface area contributed by atoms with Crippen molar-refractivity contribution < 1.29 is 87.1 Å². The molecular formula is C28H24N6Na2O6S. The van der Waals surface area contributed by atoms with Crippen LogP contribution in [0, 0.1) is 20.8 Å². The molecule has 0 radical (unpaired) electrons. The summed E-state index contributed by atoms with van der Waals surface area (Å²) in [6.45, 7) is 5.21. The monoisotopic (exact) mass is 618 g/mol. The van der Waals surface area contributed by atoms with Crippen LogP contribution in [-0.4, -0.2) is 24.0 Å². The van der Waals surface area contributed by atoms with Gasteiger partial charge in [-0.1, -0.05) is 23.9 Å². The number of carboxylic acid groups (broad SMARTS) is 1. The van der Waals surface area contributed by atoms with Crippen molar-refractivity contribution in [2.75, 3.05) is 11.5 Å². The molecule has 4 aromatic carbocycles. The zero-order valence-electron chi connectivity index (χ0n) is 24.1. The molecule has 210 valence electrons. The van der Waals surface area contributed by atoms with E-state index in [2.05, 4.69) is 20.5 Å². The van der Waals surface area contributed by atoms with Crippen LogP contribution in [0.1, 0.15) is 27.0 Å². The molecular weight excluding hydrogens is 594 g/mol. The number of nitrogen functional groups attached to an aromatic ring is 2. The van der Waals surface area contributed by atoms with Crippen LogP contribution in [0.5, 0.6) is 5.75 Å². The molecule has 0 aromatic heterocycles. The fraction of sp³-hybridized carbons (Fsp3) is 0.107. The van der Waals surface area contributed by atoms with E-state index in [-0.39, 0.29) is 87.4 Å². The first-order valence-electron chi connectivity index (χ1n) is 12.0. The second kappa shape index (κ2) is 14.6. The Labute approximate surface area is 292 Å². The first-order valence-corrected chi connectivity index (χ1v) is 13.4. The predicted molar refractivity (Wildman–Crippen MR) is 151 cm³/mol. The van der Waals surface area contributed by atoms with Gasteiger partial charge in [-0.15, -0.1) is 5.11 Å². The number of benzene rings is 4. The zero-order valence-corrected chi connectivity index (χ0v) is 28.9. The average molecular weight is 619 g/mol. The SMILES string of the molecule is Cc1cc(-c2ccc(N=Nc3c(N)c(C)cc(S(=O)(=O)[O-])c3N)c(C)c2)ccc1N=Nc1ccc([O-])c(C(=O)O)c1.[Na+].[Na+]. The Morgan fingerprint density at radius 3 is 1.77 bits per heavy atom. The Bertz CT molecular complexity index is 1880. The molecule has 0 unspecified atom stereocenters. The van der Waals surface area contributed by atoms with Crippen LogP contribution >= 0.6 is 0 Å². The van der Waals surface area contributed by atoms with Crippen molar-refractivity contribution in [1.82, 2.24) is 0 Å². The zero-order chi connectivity index (χ0) is 30.1. The van der Waals surface area contributed by atoms with Crippen molar-refractivity contribution in [3.63, 3.8) is 0 Å². The number of carbonyl (C=O) groups is 1. The Morgan fingerprint density at radius 2 is 1.28 bits per heavy atom. The van der Waals surface area contributed by atoms with E-state index < -0.39 is 26.7 Å². The van der Waals surface area contributed by atoms with Crippen LogP contribution in [0.3, 0.4) is 0 Å². The molecule has 15 heteroatoms. The maximum Gasteiger partial charge on any atom is 1.00 e. The van der Waals surface area contributed by atoms with Crippen molar-refractivity contribution in [2.45, 2.75) is 25.7 Å². The molecule has 5 N–H and O–H groups in total. The number of aromatic carboxylic acids is 1. The third-order valence-electron chi connectivity index (χ3n) is 6.27. The first-order chi connectivity index (χ1) is 19.3. The number of nitrogens with zero attached hydrogens (tertiary/aromatic N) is 4. The van der Waals surface area contributed by atoms with E-state index in [1.807, 2.05) is 38.1 Å². The van der Waals surface area contributed by atoms with Gasteiger partial charge in [-0.05, 0) is 91.1 Å². The summed E-state index contributed by atoms with van der Waals surface area (Å²) in [6.07, 6.45) is 0. The number of rotatable bonds is 7. The van der Waals surface area contributed by atoms with Gasteiger partial charge in [0.2, 0.25) is 0 Å². The number of aryl methyl sites for hydroxylation is 3. The maximum atomic E-state index is 11.6. The molecule has 0 spiro atoms. The number of anilines is 2. The topological polar surface area (TPSA) is 219 Å². The Morgan fingerprint density at radius 1 is 0.744 bits per heavy atom. The summed E-state index contributed by atoms with van der Waals surface area (Å²) < 4.78 is 34.7. The van der Waals surface area contributed by atoms with E-state index in [4.69, 9.17) is 16.6 Å². The molecule has 0 amide bonds. The van der Waals surface area contributed by atoms with Gasteiger partial charge in [0.25, 0.3) is 0 Å².